The van der Waals surface area contributed by atoms with Crippen molar-refractivity contribution in [2.45, 2.75) is 51.2 Å². The summed E-state index contributed by atoms with van der Waals surface area (Å²) in [6, 6.07) is 7.38. The van der Waals surface area contributed by atoms with Gasteiger partial charge in [0.25, 0.3) is 0 Å². The van der Waals surface area contributed by atoms with Gasteiger partial charge in [-0.1, -0.05) is 18.6 Å². The summed E-state index contributed by atoms with van der Waals surface area (Å²) in [7, 11) is 2.12. The molecule has 0 saturated heterocycles. The summed E-state index contributed by atoms with van der Waals surface area (Å²) in [6.45, 7) is 4.35. The monoisotopic (exact) mass is 271 g/mol. The Morgan fingerprint density at radius 3 is 2.70 bits per heavy atom. The van der Waals surface area contributed by atoms with Gasteiger partial charge in [-0.25, -0.2) is 0 Å². The molecule has 1 heterocycles. The Labute approximate surface area is 121 Å². The first-order valence-corrected chi connectivity index (χ1v) is 8.08. The average Bonchev–Trinajstić information content (AvgIpc) is 2.77. The second kappa shape index (κ2) is 4.24. The molecule has 20 heavy (non-hydrogen) atoms. The summed E-state index contributed by atoms with van der Waals surface area (Å²) in [5, 5.41) is 3.58. The minimum atomic E-state index is -0.0355. The third-order valence-corrected chi connectivity index (χ3v) is 5.61. The summed E-state index contributed by atoms with van der Waals surface area (Å²) in [5.41, 5.74) is 2.82. The number of fused-ring (bicyclic) bond motifs is 2. The lowest BCUT2D eigenvalue weighted by molar-refractivity contribution is 0.138. The number of nitrogens with one attached hydrogen (secondary N) is 1. The van der Waals surface area contributed by atoms with Gasteiger partial charge in [-0.2, -0.15) is 0 Å². The molecule has 0 aromatic heterocycles. The van der Waals surface area contributed by atoms with Gasteiger partial charge in [0.1, 0.15) is 11.4 Å². The van der Waals surface area contributed by atoms with E-state index in [2.05, 4.69) is 44.4 Å². The molecule has 1 N–H and O–H groups in total. The van der Waals surface area contributed by atoms with Crippen LogP contribution in [0.1, 0.15) is 50.3 Å². The van der Waals surface area contributed by atoms with Crippen LogP contribution in [0.15, 0.2) is 18.2 Å². The predicted octanol–water partition coefficient (Wildman–Crippen LogP) is 3.71. The van der Waals surface area contributed by atoms with Crippen LogP contribution >= 0.6 is 0 Å². The van der Waals surface area contributed by atoms with Crippen molar-refractivity contribution in [2.75, 3.05) is 7.05 Å². The highest BCUT2D eigenvalue weighted by Gasteiger charge is 2.55. The van der Waals surface area contributed by atoms with Gasteiger partial charge < -0.3 is 10.1 Å². The van der Waals surface area contributed by atoms with Crippen LogP contribution in [-0.4, -0.2) is 12.6 Å². The molecular weight excluding hydrogens is 246 g/mol. The Kier molecular flexibility index (Phi) is 2.69. The fourth-order valence-corrected chi connectivity index (χ4v) is 4.78. The third-order valence-electron chi connectivity index (χ3n) is 5.61. The SMILES string of the molecule is CNC(c1ccc2c(c1)CC(C)(C)O2)C1C2CCCC21. The third kappa shape index (κ3) is 1.88. The van der Waals surface area contributed by atoms with Gasteiger partial charge in [0.2, 0.25) is 0 Å². The van der Waals surface area contributed by atoms with E-state index in [0.29, 0.717) is 6.04 Å². The zero-order valence-electron chi connectivity index (χ0n) is 12.8. The summed E-state index contributed by atoms with van der Waals surface area (Å²) in [4.78, 5) is 0. The molecule has 0 bridgehead atoms. The van der Waals surface area contributed by atoms with Crippen LogP contribution in [0.4, 0.5) is 0 Å². The number of benzene rings is 1. The molecule has 3 unspecified atom stereocenters. The molecule has 3 atom stereocenters. The maximum Gasteiger partial charge on any atom is 0.123 e. The zero-order chi connectivity index (χ0) is 13.9. The van der Waals surface area contributed by atoms with Crippen molar-refractivity contribution in [1.82, 2.24) is 5.32 Å². The molecule has 2 fully saturated rings. The fourth-order valence-electron chi connectivity index (χ4n) is 4.78. The molecule has 3 aliphatic rings. The van der Waals surface area contributed by atoms with Crippen LogP contribution in [0.2, 0.25) is 0 Å². The van der Waals surface area contributed by atoms with E-state index in [1.54, 1.807) is 0 Å². The quantitative estimate of drug-likeness (QED) is 0.905. The fraction of sp³-hybridized carbons (Fsp3) is 0.667. The molecule has 0 radical (unpaired) electrons. The highest BCUT2D eigenvalue weighted by atomic mass is 16.5. The van der Waals surface area contributed by atoms with Crippen LogP contribution in [0.5, 0.6) is 5.75 Å². The zero-order valence-corrected chi connectivity index (χ0v) is 12.8. The van der Waals surface area contributed by atoms with E-state index in [-0.39, 0.29) is 5.60 Å². The second-order valence-electron chi connectivity index (χ2n) is 7.51. The van der Waals surface area contributed by atoms with Gasteiger partial charge in [-0.15, -0.1) is 0 Å². The molecule has 2 aliphatic carbocycles. The van der Waals surface area contributed by atoms with Crippen molar-refractivity contribution in [2.24, 2.45) is 17.8 Å². The molecule has 2 saturated carbocycles. The van der Waals surface area contributed by atoms with Crippen molar-refractivity contribution < 1.29 is 4.74 Å². The standard InChI is InChI=1S/C18H25NO/c1-18(2)10-12-9-11(7-8-15(12)20-18)17(19-3)16-13-5-4-6-14(13)16/h7-9,13-14,16-17,19H,4-6,10H2,1-3H3. The van der Waals surface area contributed by atoms with E-state index < -0.39 is 0 Å². The van der Waals surface area contributed by atoms with Gasteiger partial charge in [0.15, 0.2) is 0 Å². The molecule has 1 aromatic carbocycles. The number of rotatable bonds is 3. The van der Waals surface area contributed by atoms with Crippen LogP contribution < -0.4 is 10.1 Å². The Balaban J connectivity index is 1.60. The summed E-state index contributed by atoms with van der Waals surface area (Å²) in [6.07, 6.45) is 5.39. The van der Waals surface area contributed by atoms with Crippen molar-refractivity contribution in [3.05, 3.63) is 29.3 Å². The van der Waals surface area contributed by atoms with E-state index in [0.717, 1.165) is 29.9 Å². The smallest absolute Gasteiger partial charge is 0.123 e. The second-order valence-corrected chi connectivity index (χ2v) is 7.51. The van der Waals surface area contributed by atoms with Gasteiger partial charge >= 0.3 is 0 Å². The minimum absolute atomic E-state index is 0.0355. The van der Waals surface area contributed by atoms with Gasteiger partial charge in [-0.3, -0.25) is 0 Å². The number of ether oxygens (including phenoxy) is 1. The topological polar surface area (TPSA) is 21.3 Å². The van der Waals surface area contributed by atoms with E-state index in [4.69, 9.17) is 4.74 Å². The Morgan fingerprint density at radius 2 is 2.00 bits per heavy atom. The Hall–Kier alpha value is -1.02. The maximum absolute atomic E-state index is 5.99. The van der Waals surface area contributed by atoms with Crippen LogP contribution in [0.25, 0.3) is 0 Å². The van der Waals surface area contributed by atoms with Gasteiger partial charge in [-0.05, 0) is 68.7 Å². The largest absolute Gasteiger partial charge is 0.487 e. The molecule has 0 amide bonds. The first-order chi connectivity index (χ1) is 9.59. The first kappa shape index (κ1) is 12.7. The van der Waals surface area contributed by atoms with E-state index in [1.807, 2.05) is 0 Å². The summed E-state index contributed by atoms with van der Waals surface area (Å²) < 4.78 is 5.99. The Bertz CT molecular complexity index is 526. The lowest BCUT2D eigenvalue weighted by Gasteiger charge is -2.19. The molecule has 2 heteroatoms. The molecule has 2 nitrogen and oxygen atoms in total. The summed E-state index contributed by atoms with van der Waals surface area (Å²) >= 11 is 0. The molecule has 108 valence electrons. The normalized spacial score (nSPS) is 34.2. The van der Waals surface area contributed by atoms with Crippen molar-refractivity contribution >= 4 is 0 Å². The highest BCUT2D eigenvalue weighted by Crippen LogP contribution is 2.62. The van der Waals surface area contributed by atoms with Crippen molar-refractivity contribution in [3.8, 4) is 5.75 Å². The first-order valence-electron chi connectivity index (χ1n) is 8.08. The van der Waals surface area contributed by atoms with Gasteiger partial charge in [0, 0.05) is 12.5 Å². The number of hydrogen-bond acceptors (Lipinski definition) is 2. The lowest BCUT2D eigenvalue weighted by Crippen LogP contribution is -2.24. The molecule has 0 spiro atoms. The van der Waals surface area contributed by atoms with Crippen molar-refractivity contribution in [1.29, 1.82) is 0 Å². The molecular formula is C18H25NO. The van der Waals surface area contributed by atoms with Gasteiger partial charge in [0.05, 0.1) is 0 Å². The van der Waals surface area contributed by atoms with Crippen molar-refractivity contribution in [3.63, 3.8) is 0 Å². The minimum Gasteiger partial charge on any atom is -0.487 e. The average molecular weight is 271 g/mol. The van der Waals surface area contributed by atoms with Crippen LogP contribution in [0.3, 0.4) is 0 Å². The molecule has 1 aliphatic heterocycles. The number of hydrogen-bond donors (Lipinski definition) is 1. The maximum atomic E-state index is 5.99. The lowest BCUT2D eigenvalue weighted by atomic mass is 9.93. The van der Waals surface area contributed by atoms with E-state index >= 15 is 0 Å². The summed E-state index contributed by atoms with van der Waals surface area (Å²) in [5.74, 6) is 3.95. The van der Waals surface area contributed by atoms with E-state index in [9.17, 15) is 0 Å². The molecule has 4 rings (SSSR count). The van der Waals surface area contributed by atoms with Crippen LogP contribution in [-0.2, 0) is 6.42 Å². The predicted molar refractivity (Wildman–Crippen MR) is 81.0 cm³/mol. The highest BCUT2D eigenvalue weighted by molar-refractivity contribution is 5.43. The Morgan fingerprint density at radius 1 is 1.25 bits per heavy atom. The van der Waals surface area contributed by atoms with E-state index in [1.165, 1.54) is 30.4 Å². The molecule has 1 aromatic rings. The van der Waals surface area contributed by atoms with Crippen LogP contribution in [0, 0.1) is 17.8 Å².